The highest BCUT2D eigenvalue weighted by Crippen LogP contribution is 2.34. The van der Waals surface area contributed by atoms with Crippen molar-refractivity contribution < 1.29 is 9.53 Å². The lowest BCUT2D eigenvalue weighted by Crippen LogP contribution is -2.29. The van der Waals surface area contributed by atoms with E-state index in [0.29, 0.717) is 35.1 Å². The maximum absolute atomic E-state index is 13.1. The summed E-state index contributed by atoms with van der Waals surface area (Å²) in [5.74, 6) is 0.0594. The highest BCUT2D eigenvalue weighted by atomic mass is 32.2. The Bertz CT molecular complexity index is 993. The van der Waals surface area contributed by atoms with Crippen molar-refractivity contribution in [1.29, 1.82) is 0 Å². The van der Waals surface area contributed by atoms with E-state index in [2.05, 4.69) is 16.9 Å². The van der Waals surface area contributed by atoms with Crippen LogP contribution in [0.25, 0.3) is 20.7 Å². The number of nitrogens with one attached hydrogen (secondary N) is 1. The molecule has 142 valence electrons. The van der Waals surface area contributed by atoms with E-state index in [0.717, 1.165) is 10.4 Å². The van der Waals surface area contributed by atoms with Crippen molar-refractivity contribution >= 4 is 50.6 Å². The molecule has 0 bridgehead atoms. The van der Waals surface area contributed by atoms with Gasteiger partial charge in [-0.3, -0.25) is 14.2 Å². The van der Waals surface area contributed by atoms with Gasteiger partial charge in [0.1, 0.15) is 4.83 Å². The number of rotatable bonds is 9. The van der Waals surface area contributed by atoms with E-state index < -0.39 is 0 Å². The van der Waals surface area contributed by atoms with Crippen LogP contribution in [-0.4, -0.2) is 41.5 Å². The first-order valence-corrected chi connectivity index (χ1v) is 11.0. The van der Waals surface area contributed by atoms with Gasteiger partial charge in [0.25, 0.3) is 5.56 Å². The van der Waals surface area contributed by atoms with E-state index in [1.165, 1.54) is 23.1 Å². The number of carbonyl (C=O) groups excluding carboxylic acids is 1. The number of hydrogen-bond acceptors (Lipinski definition) is 7. The van der Waals surface area contributed by atoms with Crippen LogP contribution in [0.15, 0.2) is 45.5 Å². The van der Waals surface area contributed by atoms with Crippen molar-refractivity contribution in [2.75, 3.05) is 26.0 Å². The van der Waals surface area contributed by atoms with E-state index in [1.807, 2.05) is 22.9 Å². The van der Waals surface area contributed by atoms with Gasteiger partial charge >= 0.3 is 0 Å². The van der Waals surface area contributed by atoms with Crippen molar-refractivity contribution in [1.82, 2.24) is 14.9 Å². The molecule has 1 amide bonds. The number of nitrogens with zero attached hydrogens (tertiary/aromatic N) is 2. The van der Waals surface area contributed by atoms with Crippen molar-refractivity contribution in [3.8, 4) is 10.4 Å². The number of thiophene rings is 2. The molecule has 1 N–H and O–H groups in total. The number of carbonyl (C=O) groups is 1. The molecule has 0 atom stereocenters. The lowest BCUT2D eigenvalue weighted by atomic mass is 10.2. The van der Waals surface area contributed by atoms with E-state index in [1.54, 1.807) is 29.1 Å². The lowest BCUT2D eigenvalue weighted by Gasteiger charge is -2.10. The SMILES string of the molecule is C=CCn1c(SCC(=O)NCCOC)nc2scc(-c3cccs3)c2c1=O. The number of aromatic nitrogens is 2. The van der Waals surface area contributed by atoms with Gasteiger partial charge in [0.2, 0.25) is 5.91 Å². The molecule has 0 saturated heterocycles. The molecule has 9 heteroatoms. The minimum atomic E-state index is -0.123. The number of ether oxygens (including phenoxy) is 1. The Morgan fingerprint density at radius 3 is 3.04 bits per heavy atom. The Balaban J connectivity index is 1.91. The third-order valence-corrected chi connectivity index (χ3v) is 6.47. The predicted molar refractivity (Wildman–Crippen MR) is 113 cm³/mol. The molecule has 6 nitrogen and oxygen atoms in total. The fraction of sp³-hybridized carbons (Fsp3) is 0.278. The standard InChI is InChI=1S/C18H19N3O3S3/c1-3-7-21-17(23)15-12(13-5-4-9-25-13)10-26-16(15)20-18(21)27-11-14(22)19-6-8-24-2/h3-5,9-10H,1,6-8,11H2,2H3,(H,19,22). The van der Waals surface area contributed by atoms with Crippen molar-refractivity contribution in [3.05, 3.63) is 45.9 Å². The van der Waals surface area contributed by atoms with E-state index in [-0.39, 0.29) is 17.2 Å². The first kappa shape index (κ1) is 19.8. The summed E-state index contributed by atoms with van der Waals surface area (Å²) in [5.41, 5.74) is 0.806. The highest BCUT2D eigenvalue weighted by molar-refractivity contribution is 7.99. The summed E-state index contributed by atoms with van der Waals surface area (Å²) < 4.78 is 6.49. The van der Waals surface area contributed by atoms with Crippen molar-refractivity contribution in [2.45, 2.75) is 11.7 Å². The number of amides is 1. The molecule has 0 aromatic carbocycles. The molecule has 0 aliphatic rings. The molecule has 0 aliphatic heterocycles. The lowest BCUT2D eigenvalue weighted by molar-refractivity contribution is -0.118. The summed E-state index contributed by atoms with van der Waals surface area (Å²) in [6.45, 7) is 5.00. The minimum absolute atomic E-state index is 0.105. The monoisotopic (exact) mass is 421 g/mol. The molecule has 0 aliphatic carbocycles. The molecule has 0 unspecified atom stereocenters. The van der Waals surface area contributed by atoms with Gasteiger partial charge in [0.05, 0.1) is 17.7 Å². The number of thioether (sulfide) groups is 1. The Morgan fingerprint density at radius 2 is 2.33 bits per heavy atom. The largest absolute Gasteiger partial charge is 0.383 e. The van der Waals surface area contributed by atoms with Gasteiger partial charge in [0, 0.05) is 36.0 Å². The summed E-state index contributed by atoms with van der Waals surface area (Å²) in [4.78, 5) is 31.5. The van der Waals surface area contributed by atoms with E-state index in [4.69, 9.17) is 4.74 Å². The van der Waals surface area contributed by atoms with Crippen LogP contribution >= 0.6 is 34.4 Å². The van der Waals surface area contributed by atoms with Crippen LogP contribution in [0.4, 0.5) is 0 Å². The summed E-state index contributed by atoms with van der Waals surface area (Å²) in [7, 11) is 1.58. The fourth-order valence-corrected chi connectivity index (χ4v) is 5.13. The normalized spacial score (nSPS) is 11.0. The van der Waals surface area contributed by atoms with Gasteiger partial charge in [-0.2, -0.15) is 0 Å². The summed E-state index contributed by atoms with van der Waals surface area (Å²) in [6.07, 6.45) is 1.66. The molecule has 3 aromatic heterocycles. The maximum Gasteiger partial charge on any atom is 0.263 e. The second kappa shape index (κ2) is 9.32. The number of allylic oxidation sites excluding steroid dienone is 1. The Kier molecular flexibility index (Phi) is 6.84. The van der Waals surface area contributed by atoms with Gasteiger partial charge in [-0.25, -0.2) is 4.98 Å². The molecule has 3 aromatic rings. The second-order valence-electron chi connectivity index (χ2n) is 5.54. The average molecular weight is 422 g/mol. The molecule has 27 heavy (non-hydrogen) atoms. The molecule has 0 saturated carbocycles. The number of fused-ring (bicyclic) bond motifs is 1. The number of methoxy groups -OCH3 is 1. The molecular weight excluding hydrogens is 402 g/mol. The second-order valence-corrected chi connectivity index (χ2v) is 8.29. The van der Waals surface area contributed by atoms with E-state index in [9.17, 15) is 9.59 Å². The average Bonchev–Trinajstić information content (AvgIpc) is 3.32. The van der Waals surface area contributed by atoms with Gasteiger partial charge in [0.15, 0.2) is 5.16 Å². The maximum atomic E-state index is 13.1. The molecular formula is C18H19N3O3S3. The zero-order valence-corrected chi connectivity index (χ0v) is 17.2. The predicted octanol–water partition coefficient (Wildman–Crippen LogP) is 3.23. The topological polar surface area (TPSA) is 73.2 Å². The molecule has 0 radical (unpaired) electrons. The van der Waals surface area contributed by atoms with Crippen molar-refractivity contribution in [3.63, 3.8) is 0 Å². The molecule has 3 heterocycles. The van der Waals surface area contributed by atoms with Gasteiger partial charge < -0.3 is 10.1 Å². The van der Waals surface area contributed by atoms with Crippen molar-refractivity contribution in [2.24, 2.45) is 0 Å². The Labute approximate surface area is 168 Å². The van der Waals surface area contributed by atoms with Crippen LogP contribution in [0, 0.1) is 0 Å². The first-order valence-electron chi connectivity index (χ1n) is 8.21. The van der Waals surface area contributed by atoms with Crippen LogP contribution in [0.2, 0.25) is 0 Å². The van der Waals surface area contributed by atoms with Gasteiger partial charge in [-0.1, -0.05) is 23.9 Å². The zero-order chi connectivity index (χ0) is 19.2. The van der Waals surface area contributed by atoms with Crippen LogP contribution in [0.5, 0.6) is 0 Å². The first-order chi connectivity index (χ1) is 13.2. The summed E-state index contributed by atoms with van der Waals surface area (Å²) in [5, 5.41) is 7.86. The van der Waals surface area contributed by atoms with Crippen LogP contribution in [0.3, 0.4) is 0 Å². The highest BCUT2D eigenvalue weighted by Gasteiger charge is 2.18. The fourth-order valence-electron chi connectivity index (χ4n) is 2.49. The van der Waals surface area contributed by atoms with Crippen LogP contribution < -0.4 is 10.9 Å². The third kappa shape index (κ3) is 4.49. The Hall–Kier alpha value is -1.94. The van der Waals surface area contributed by atoms with E-state index >= 15 is 0 Å². The smallest absolute Gasteiger partial charge is 0.263 e. The molecule has 3 rings (SSSR count). The minimum Gasteiger partial charge on any atom is -0.383 e. The Morgan fingerprint density at radius 1 is 1.48 bits per heavy atom. The quantitative estimate of drug-likeness (QED) is 0.249. The molecule has 0 spiro atoms. The summed E-state index contributed by atoms with van der Waals surface area (Å²) >= 11 is 4.29. The third-order valence-electron chi connectivity index (χ3n) is 3.72. The summed E-state index contributed by atoms with van der Waals surface area (Å²) in [6, 6.07) is 3.96. The zero-order valence-electron chi connectivity index (χ0n) is 14.8. The van der Waals surface area contributed by atoms with Crippen LogP contribution in [0.1, 0.15) is 0 Å². The number of hydrogen-bond donors (Lipinski definition) is 1. The van der Waals surface area contributed by atoms with Gasteiger partial charge in [-0.05, 0) is 11.4 Å². The van der Waals surface area contributed by atoms with Crippen LogP contribution in [-0.2, 0) is 16.1 Å². The molecule has 0 fully saturated rings. The van der Waals surface area contributed by atoms with Gasteiger partial charge in [-0.15, -0.1) is 29.3 Å².